The Bertz CT molecular complexity index is 1090. The van der Waals surface area contributed by atoms with Gasteiger partial charge in [0.05, 0.1) is 11.2 Å². The molecular formula is C18H14F2N2O4S. The molecule has 0 unspecified atom stereocenters. The van der Waals surface area contributed by atoms with E-state index in [1.54, 1.807) is 13.0 Å². The van der Waals surface area contributed by atoms with Crippen LogP contribution in [0.3, 0.4) is 0 Å². The molecule has 1 aromatic heterocycles. The summed E-state index contributed by atoms with van der Waals surface area (Å²) in [6.45, 7) is 1.73. The Morgan fingerprint density at radius 2 is 1.63 bits per heavy atom. The molecule has 0 fully saturated rings. The van der Waals surface area contributed by atoms with Crippen molar-refractivity contribution in [1.29, 1.82) is 0 Å². The number of amides is 1. The van der Waals surface area contributed by atoms with Gasteiger partial charge in [0.15, 0.2) is 17.4 Å². The Kier molecular flexibility index (Phi) is 4.95. The molecule has 0 saturated heterocycles. The number of hydrogen-bond acceptors (Lipinski definition) is 4. The Morgan fingerprint density at radius 3 is 2.22 bits per heavy atom. The molecule has 0 aliphatic rings. The lowest BCUT2D eigenvalue weighted by Crippen LogP contribution is -2.14. The zero-order valence-corrected chi connectivity index (χ0v) is 14.8. The molecule has 6 nitrogen and oxygen atoms in total. The van der Waals surface area contributed by atoms with Gasteiger partial charge in [0.25, 0.3) is 15.9 Å². The standard InChI is InChI=1S/C18H14F2N2O4S/c1-11-8-9-26-17(11)18(23)21-12-2-4-13(5-3-12)22-27(24,25)14-6-7-15(19)16(20)10-14/h2-10,22H,1H3,(H,21,23). The number of hydrogen-bond donors (Lipinski definition) is 2. The van der Waals surface area contributed by atoms with Crippen molar-refractivity contribution in [2.24, 2.45) is 0 Å². The normalized spacial score (nSPS) is 11.2. The third-order valence-corrected chi connectivity index (χ3v) is 5.04. The highest BCUT2D eigenvalue weighted by Crippen LogP contribution is 2.20. The van der Waals surface area contributed by atoms with Gasteiger partial charge in [-0.15, -0.1) is 0 Å². The molecule has 1 amide bonds. The van der Waals surface area contributed by atoms with Gasteiger partial charge in [-0.3, -0.25) is 9.52 Å². The maximum atomic E-state index is 13.3. The van der Waals surface area contributed by atoms with Gasteiger partial charge in [-0.25, -0.2) is 17.2 Å². The number of rotatable bonds is 5. The molecule has 0 aliphatic carbocycles. The fourth-order valence-electron chi connectivity index (χ4n) is 2.27. The predicted molar refractivity (Wildman–Crippen MR) is 95.0 cm³/mol. The fraction of sp³-hybridized carbons (Fsp3) is 0.0556. The quantitative estimate of drug-likeness (QED) is 0.689. The first kappa shape index (κ1) is 18.6. The average Bonchev–Trinajstić information content (AvgIpc) is 3.05. The van der Waals surface area contributed by atoms with Gasteiger partial charge in [0.2, 0.25) is 0 Å². The van der Waals surface area contributed by atoms with Crippen LogP contribution in [0.5, 0.6) is 0 Å². The average molecular weight is 392 g/mol. The molecule has 1 heterocycles. The van der Waals surface area contributed by atoms with Gasteiger partial charge in [0, 0.05) is 16.9 Å². The first-order chi connectivity index (χ1) is 12.8. The van der Waals surface area contributed by atoms with E-state index in [-0.39, 0.29) is 11.4 Å². The summed E-state index contributed by atoms with van der Waals surface area (Å²) in [5, 5.41) is 2.62. The maximum absolute atomic E-state index is 13.3. The Morgan fingerprint density at radius 1 is 0.963 bits per heavy atom. The molecule has 0 atom stereocenters. The van der Waals surface area contributed by atoms with E-state index in [9.17, 15) is 22.0 Å². The van der Waals surface area contributed by atoms with Crippen LogP contribution in [0.2, 0.25) is 0 Å². The van der Waals surface area contributed by atoms with Crippen molar-refractivity contribution in [2.75, 3.05) is 10.0 Å². The van der Waals surface area contributed by atoms with Crippen LogP contribution in [0, 0.1) is 18.6 Å². The summed E-state index contributed by atoms with van der Waals surface area (Å²) in [6.07, 6.45) is 1.40. The van der Waals surface area contributed by atoms with Crippen molar-refractivity contribution in [3.63, 3.8) is 0 Å². The molecule has 0 radical (unpaired) electrons. The first-order valence-corrected chi connectivity index (χ1v) is 9.18. The van der Waals surface area contributed by atoms with Crippen LogP contribution >= 0.6 is 0 Å². The third-order valence-electron chi connectivity index (χ3n) is 3.66. The molecule has 2 N–H and O–H groups in total. The fourth-order valence-corrected chi connectivity index (χ4v) is 3.34. The molecule has 3 rings (SSSR count). The molecule has 2 aromatic carbocycles. The summed E-state index contributed by atoms with van der Waals surface area (Å²) in [7, 11) is -4.09. The van der Waals surface area contributed by atoms with Gasteiger partial charge in [-0.05, 0) is 55.5 Å². The number of carbonyl (C=O) groups is 1. The second-order valence-corrected chi connectivity index (χ2v) is 7.33. The molecule has 0 spiro atoms. The molecule has 0 saturated carbocycles. The summed E-state index contributed by atoms with van der Waals surface area (Å²) in [5.41, 5.74) is 1.29. The molecule has 3 aromatic rings. The number of halogens is 2. The maximum Gasteiger partial charge on any atom is 0.291 e. The lowest BCUT2D eigenvalue weighted by atomic mass is 10.2. The number of benzene rings is 2. The molecule has 0 bridgehead atoms. The highest BCUT2D eigenvalue weighted by atomic mass is 32.2. The first-order valence-electron chi connectivity index (χ1n) is 7.69. The summed E-state index contributed by atoms with van der Waals surface area (Å²) in [6, 6.07) is 9.76. The summed E-state index contributed by atoms with van der Waals surface area (Å²) < 4.78 is 58.0. The molecular weight excluding hydrogens is 378 g/mol. The van der Waals surface area contributed by atoms with E-state index in [1.165, 1.54) is 30.5 Å². The smallest absolute Gasteiger partial charge is 0.291 e. The lowest BCUT2D eigenvalue weighted by molar-refractivity contribution is 0.0996. The van der Waals surface area contributed by atoms with Crippen LogP contribution in [0.4, 0.5) is 20.2 Å². The van der Waals surface area contributed by atoms with E-state index < -0.39 is 32.5 Å². The van der Waals surface area contributed by atoms with Crippen LogP contribution in [0.15, 0.2) is 64.1 Å². The highest BCUT2D eigenvalue weighted by Gasteiger charge is 2.17. The van der Waals surface area contributed by atoms with Gasteiger partial charge in [-0.1, -0.05) is 0 Å². The number of sulfonamides is 1. The number of aryl methyl sites for hydroxylation is 1. The summed E-state index contributed by atoms with van der Waals surface area (Å²) in [5.74, 6) is -2.66. The second kappa shape index (κ2) is 7.20. The molecule has 0 aliphatic heterocycles. The van der Waals surface area contributed by atoms with Crippen LogP contribution < -0.4 is 10.0 Å². The van der Waals surface area contributed by atoms with Gasteiger partial charge >= 0.3 is 0 Å². The van der Waals surface area contributed by atoms with E-state index in [4.69, 9.17) is 4.42 Å². The van der Waals surface area contributed by atoms with Crippen molar-refractivity contribution < 1.29 is 26.4 Å². The summed E-state index contributed by atoms with van der Waals surface area (Å²) >= 11 is 0. The lowest BCUT2D eigenvalue weighted by Gasteiger charge is -2.10. The van der Waals surface area contributed by atoms with Gasteiger partial charge in [-0.2, -0.15) is 0 Å². The van der Waals surface area contributed by atoms with Crippen LogP contribution in [0.25, 0.3) is 0 Å². The molecule has 140 valence electrons. The summed E-state index contributed by atoms with van der Waals surface area (Å²) in [4.78, 5) is 11.7. The topological polar surface area (TPSA) is 88.4 Å². The highest BCUT2D eigenvalue weighted by molar-refractivity contribution is 7.92. The SMILES string of the molecule is Cc1ccoc1C(=O)Nc1ccc(NS(=O)(=O)c2ccc(F)c(F)c2)cc1. The van der Waals surface area contributed by atoms with Gasteiger partial charge < -0.3 is 9.73 Å². The predicted octanol–water partition coefficient (Wildman–Crippen LogP) is 3.92. The monoisotopic (exact) mass is 392 g/mol. The van der Waals surface area contributed by atoms with Crippen LogP contribution in [0.1, 0.15) is 16.1 Å². The number of furan rings is 1. The molecule has 27 heavy (non-hydrogen) atoms. The minimum absolute atomic E-state index is 0.179. The number of carbonyl (C=O) groups excluding carboxylic acids is 1. The Labute approximate surface area is 153 Å². The molecule has 9 heteroatoms. The van der Waals surface area contributed by atoms with Crippen molar-refractivity contribution >= 4 is 27.3 Å². The number of anilines is 2. The van der Waals surface area contributed by atoms with E-state index >= 15 is 0 Å². The van der Waals surface area contributed by atoms with Crippen molar-refractivity contribution in [3.8, 4) is 0 Å². The van der Waals surface area contributed by atoms with E-state index in [1.807, 2.05) is 0 Å². The van der Waals surface area contributed by atoms with Crippen LogP contribution in [-0.2, 0) is 10.0 Å². The zero-order valence-electron chi connectivity index (χ0n) is 14.0. The zero-order chi connectivity index (χ0) is 19.6. The van der Waals surface area contributed by atoms with Crippen molar-refractivity contribution in [2.45, 2.75) is 11.8 Å². The third kappa shape index (κ3) is 4.14. The van der Waals surface area contributed by atoms with E-state index in [0.29, 0.717) is 17.3 Å². The van der Waals surface area contributed by atoms with E-state index in [2.05, 4.69) is 10.0 Å². The minimum Gasteiger partial charge on any atom is -0.459 e. The number of nitrogens with one attached hydrogen (secondary N) is 2. The Balaban J connectivity index is 1.72. The Hall–Kier alpha value is -3.20. The van der Waals surface area contributed by atoms with Crippen molar-refractivity contribution in [1.82, 2.24) is 0 Å². The largest absolute Gasteiger partial charge is 0.459 e. The second-order valence-electron chi connectivity index (χ2n) is 5.65. The van der Waals surface area contributed by atoms with Crippen molar-refractivity contribution in [3.05, 3.63) is 77.8 Å². The van der Waals surface area contributed by atoms with Crippen LogP contribution in [-0.4, -0.2) is 14.3 Å². The van der Waals surface area contributed by atoms with Gasteiger partial charge in [0.1, 0.15) is 0 Å². The van der Waals surface area contributed by atoms with E-state index in [0.717, 1.165) is 12.1 Å². The minimum atomic E-state index is -4.09.